The van der Waals surface area contributed by atoms with E-state index in [1.807, 2.05) is 96.0 Å². The molecule has 0 aliphatic carbocycles. The first-order chi connectivity index (χ1) is 47.8. The Morgan fingerprint density at radius 3 is 1.32 bits per heavy atom. The molecule has 8 aromatic rings. The number of carbonyl (C=O) groups is 4. The maximum atomic E-state index is 14.6. The highest BCUT2D eigenvalue weighted by atomic mass is 79.9. The van der Waals surface area contributed by atoms with E-state index in [1.165, 1.54) is 46.3 Å². The third-order valence-electron chi connectivity index (χ3n) is 15.3. The van der Waals surface area contributed by atoms with E-state index in [2.05, 4.69) is 122 Å². The van der Waals surface area contributed by atoms with Crippen LogP contribution in [-0.2, 0) is 61.1 Å². The Kier molecular flexibility index (Phi) is 33.8. The molecule has 7 heterocycles. The minimum absolute atomic E-state index is 0.00392. The first-order valence-electron chi connectivity index (χ1n) is 31.7. The van der Waals surface area contributed by atoms with Crippen molar-refractivity contribution >= 4 is 128 Å². The van der Waals surface area contributed by atoms with Crippen LogP contribution in [0.3, 0.4) is 0 Å². The van der Waals surface area contributed by atoms with Gasteiger partial charge in [0.2, 0.25) is 5.82 Å². The average molecular weight is 1780 g/mol. The number of nitrogens with zero attached hydrogens (tertiary/aromatic N) is 16. The molecule has 2 aromatic carbocycles. The number of aromatic nitrogens is 12. The Hall–Kier alpha value is -7.46. The molecule has 1 saturated heterocycles. The smallest absolute Gasteiger partial charge is 0.444 e. The molecule has 2 N–H and O–H groups in total. The average Bonchev–Trinajstić information content (AvgIpc) is 1.61. The summed E-state index contributed by atoms with van der Waals surface area (Å²) >= 11 is 16.3. The molecule has 0 bridgehead atoms. The van der Waals surface area contributed by atoms with Crippen LogP contribution in [0.1, 0.15) is 171 Å². The van der Waals surface area contributed by atoms with Gasteiger partial charge in [-0.05, 0) is 197 Å². The Morgan fingerprint density at radius 2 is 0.981 bits per heavy atom. The molecule has 4 atom stereocenters. The lowest BCUT2D eigenvalue weighted by atomic mass is 9.78. The van der Waals surface area contributed by atoms with E-state index in [4.69, 9.17) is 23.9 Å². The second-order valence-electron chi connectivity index (χ2n) is 26.6. The number of nitro groups is 2. The van der Waals surface area contributed by atoms with Gasteiger partial charge in [0.05, 0.1) is 50.4 Å². The molecule has 104 heavy (non-hydrogen) atoms. The second kappa shape index (κ2) is 38.7. The second-order valence-corrected chi connectivity index (χ2v) is 30.4. The summed E-state index contributed by atoms with van der Waals surface area (Å²) in [5.41, 5.74) is 1.42. The largest absolute Gasteiger partial charge is 0.498 e. The molecule has 0 saturated carbocycles. The number of amides is 2. The van der Waals surface area contributed by atoms with Crippen LogP contribution in [0.25, 0.3) is 11.3 Å². The van der Waals surface area contributed by atoms with Crippen molar-refractivity contribution in [2.45, 2.75) is 150 Å². The van der Waals surface area contributed by atoms with E-state index in [1.54, 1.807) is 123 Å². The minimum atomic E-state index is -0.963. The Balaban J connectivity index is 0.000000327. The van der Waals surface area contributed by atoms with Gasteiger partial charge in [-0.1, -0.05) is 18.2 Å². The van der Waals surface area contributed by atoms with Crippen molar-refractivity contribution < 1.29 is 61.7 Å². The van der Waals surface area contributed by atoms with E-state index in [0.29, 0.717) is 36.5 Å². The van der Waals surface area contributed by atoms with Crippen molar-refractivity contribution in [2.75, 3.05) is 21.1 Å². The number of aliphatic hydroxyl groups is 1. The fourth-order valence-electron chi connectivity index (χ4n) is 8.80. The summed E-state index contributed by atoms with van der Waals surface area (Å²) in [5, 5.41) is 58.5. The van der Waals surface area contributed by atoms with Gasteiger partial charge in [0, 0.05) is 145 Å². The van der Waals surface area contributed by atoms with Gasteiger partial charge >= 0.3 is 30.7 Å². The molecule has 6 aromatic heterocycles. The first-order valence-corrected chi connectivity index (χ1v) is 35.7. The number of hydrogen-bond donors (Lipinski definition) is 2. The lowest BCUT2D eigenvalue weighted by Crippen LogP contribution is -2.41. The lowest BCUT2D eigenvalue weighted by molar-refractivity contribution is -0.387. The van der Waals surface area contributed by atoms with E-state index in [-0.39, 0.29) is 34.6 Å². The molecular weight excluding hydrogens is 1690 g/mol. The summed E-state index contributed by atoms with van der Waals surface area (Å²) < 4.78 is 64.2. The number of nitro benzene ring substituents is 2. The number of aryl methyl sites for hydroxylation is 6. The van der Waals surface area contributed by atoms with E-state index in [0.717, 1.165) is 38.8 Å². The molecule has 1 fully saturated rings. The van der Waals surface area contributed by atoms with Crippen LogP contribution < -0.4 is 10.8 Å². The number of ketones is 1. The predicted octanol–water partition coefficient (Wildman–Crippen LogP) is 14.3. The molecule has 570 valence electrons. The number of aliphatic hydroxyl groups excluding tert-OH is 1. The first kappa shape index (κ1) is 90.8. The maximum Gasteiger partial charge on any atom is 0.498 e. The third-order valence-corrected chi connectivity index (χ3v) is 18.4. The van der Waals surface area contributed by atoms with Crippen molar-refractivity contribution in [3.63, 3.8) is 0 Å². The molecule has 1 aliphatic heterocycles. The summed E-state index contributed by atoms with van der Waals surface area (Å²) in [7, 11) is 15.0. The molecule has 30 nitrogen and oxygen atoms in total. The fourth-order valence-corrected chi connectivity index (χ4v) is 11.9. The summed E-state index contributed by atoms with van der Waals surface area (Å²) in [6, 6.07) is 7.63. The van der Waals surface area contributed by atoms with Gasteiger partial charge < -0.3 is 39.0 Å². The van der Waals surface area contributed by atoms with Crippen molar-refractivity contribution in [3.8, 4) is 11.3 Å². The van der Waals surface area contributed by atoms with Gasteiger partial charge in [-0.15, -0.1) is 0 Å². The van der Waals surface area contributed by atoms with Crippen molar-refractivity contribution in [3.05, 3.63) is 162 Å². The summed E-state index contributed by atoms with van der Waals surface area (Å²) in [6.07, 6.45) is 10.1. The molecule has 1 aliphatic rings. The fraction of sp³-hybridized carbons (Fsp3) is 0.485. The predicted molar refractivity (Wildman–Crippen MR) is 407 cm³/mol. The Morgan fingerprint density at radius 1 is 0.606 bits per heavy atom. The Bertz CT molecular complexity index is 4240. The van der Waals surface area contributed by atoms with Crippen LogP contribution in [0.15, 0.2) is 96.6 Å². The molecule has 4 unspecified atom stereocenters. The maximum absolute atomic E-state index is 14.6. The van der Waals surface area contributed by atoms with Crippen LogP contribution in [0.5, 0.6) is 0 Å². The number of ether oxygens (including phenoxy) is 2. The highest BCUT2D eigenvalue weighted by Crippen LogP contribution is 2.38. The lowest BCUT2D eigenvalue weighted by Gasteiger charge is -2.32. The number of rotatable bonds is 13. The summed E-state index contributed by atoms with van der Waals surface area (Å²) in [4.78, 5) is 68.4. The van der Waals surface area contributed by atoms with Crippen LogP contribution in [0.4, 0.5) is 29.7 Å². The van der Waals surface area contributed by atoms with Crippen LogP contribution in [-0.4, -0.2) is 158 Å². The molecule has 2 amide bonds. The topological polar surface area (TPSA) is 337 Å². The normalized spacial score (nSPS) is 13.8. The molecule has 0 radical (unpaired) electrons. The van der Waals surface area contributed by atoms with Gasteiger partial charge in [-0.2, -0.15) is 39.4 Å². The zero-order valence-electron chi connectivity index (χ0n) is 62.5. The zero-order valence-corrected chi connectivity index (χ0v) is 70.5. The minimum Gasteiger partial charge on any atom is -0.444 e. The van der Waals surface area contributed by atoms with Crippen LogP contribution in [0.2, 0.25) is 0 Å². The van der Waals surface area contributed by atoms with Gasteiger partial charge in [0.15, 0.2) is 17.9 Å². The van der Waals surface area contributed by atoms with Gasteiger partial charge in [-0.25, -0.2) is 9.59 Å². The molecule has 9 rings (SSSR count). The summed E-state index contributed by atoms with van der Waals surface area (Å²) in [6.45, 7) is 27.2. The monoisotopic (exact) mass is 1770 g/mol. The van der Waals surface area contributed by atoms with E-state index < -0.39 is 80.6 Å². The number of Topliss-reactive ketones (excluding diaryl/α,β-unsaturated/α-hetero) is 1. The van der Waals surface area contributed by atoms with Gasteiger partial charge in [-0.3, -0.25) is 57.9 Å². The van der Waals surface area contributed by atoms with Crippen molar-refractivity contribution in [1.82, 2.24) is 73.8 Å². The standard InChI is InChI=1S/C18H23FN4O4.C12H15BFNO4.C12H20BrN3O2.C7H12BrN3.C6H9BrN2O.C6H7BrN2O.C5H5BrN2O/c1-11(22(6)17(24)27-18(2,3)4)13-10-21(5)20-16(13)12-8-7-9-14(15(12)19)23(25)26;1-11(2)12(3,4)19-13(18-11)8-6-5-7-9(10(8)14)15(16)17;1-8(9-7-15(5)14-10(9)13)16(6)11(17)18-12(2,3)4;1-5(9-2)6-4-11(3)10-7(6)8;2*1-4(10)5-3-9(2)8-6(5)7;1-8-2-4(3-9)5(6)7-8/h7-11H,1-6H3;5-7H,1-4H3;7-8H,1-6H3;4-5,9H,1-3H3;3-4,10H,1-2H3;3H,1-2H3;2-3H,1H3. The molecule has 38 heteroatoms. The number of carbonyl (C=O) groups excluding carboxylic acids is 4. The Labute approximate surface area is 645 Å². The van der Waals surface area contributed by atoms with E-state index >= 15 is 0 Å². The quantitative estimate of drug-likeness (QED) is 0.0356. The third kappa shape index (κ3) is 26.2. The number of halogens is 7. The van der Waals surface area contributed by atoms with Gasteiger partial charge in [0.1, 0.15) is 39.9 Å². The SMILES string of the molecule is CC(=O)c1cn(C)nc1Br.CC(O)c1cn(C)nc1Br.CC(c1cn(C)nc1-c1cccc([N+](=O)[O-])c1F)N(C)C(=O)OC(C)(C)C.CC(c1cn(C)nc1Br)N(C)C(=O)OC(C)(C)C.CC1(C)OB(c2cccc([N+](=O)[O-])c2F)OC1(C)C.CNC(C)c1cn(C)nc1Br.Cn1cc(C=O)c(Br)n1. The number of aldehydes is 1. The highest BCUT2D eigenvalue weighted by molar-refractivity contribution is 9.11. The molecular formula is C66H91BBr5F2N17O13. The highest BCUT2D eigenvalue weighted by Gasteiger charge is 2.53. The zero-order chi connectivity index (χ0) is 79.8. The number of hydrogen-bond acceptors (Lipinski definition) is 20. The number of nitrogens with one attached hydrogen (secondary N) is 1. The van der Waals surface area contributed by atoms with Crippen molar-refractivity contribution in [2.24, 2.45) is 42.3 Å². The van der Waals surface area contributed by atoms with Crippen molar-refractivity contribution in [1.29, 1.82) is 0 Å². The number of benzene rings is 2. The summed E-state index contributed by atoms with van der Waals surface area (Å²) in [5.74, 6) is -1.85. The van der Waals surface area contributed by atoms with Crippen LogP contribution in [0, 0.1) is 31.9 Å². The van der Waals surface area contributed by atoms with E-state index in [9.17, 15) is 48.2 Å². The van der Waals surface area contributed by atoms with Gasteiger partial charge in [0.25, 0.3) is 0 Å². The van der Waals surface area contributed by atoms with Crippen LogP contribution >= 0.6 is 79.6 Å². The molecule has 0 spiro atoms.